The molecule has 4 nitrogen and oxygen atoms in total. The fraction of sp³-hybridized carbons (Fsp3) is 0.588. The van der Waals surface area contributed by atoms with Crippen LogP contribution in [0.3, 0.4) is 0 Å². The molecule has 0 aliphatic carbocycles. The van der Waals surface area contributed by atoms with Crippen LogP contribution in [0.25, 0.3) is 0 Å². The summed E-state index contributed by atoms with van der Waals surface area (Å²) in [6.45, 7) is 8.02. The highest BCUT2D eigenvalue weighted by Gasteiger charge is 2.31. The van der Waals surface area contributed by atoms with E-state index in [9.17, 15) is 4.79 Å². The van der Waals surface area contributed by atoms with E-state index >= 15 is 0 Å². The zero-order valence-electron chi connectivity index (χ0n) is 13.4. The van der Waals surface area contributed by atoms with Crippen molar-refractivity contribution in [1.82, 2.24) is 10.6 Å². The van der Waals surface area contributed by atoms with E-state index in [0.29, 0.717) is 5.92 Å². The van der Waals surface area contributed by atoms with Gasteiger partial charge >= 0.3 is 0 Å². The predicted molar refractivity (Wildman–Crippen MR) is 84.4 cm³/mol. The molecule has 116 valence electrons. The van der Waals surface area contributed by atoms with Crippen LogP contribution in [0.15, 0.2) is 24.3 Å². The Morgan fingerprint density at radius 1 is 1.43 bits per heavy atom. The van der Waals surface area contributed by atoms with Crippen molar-refractivity contribution in [2.45, 2.75) is 32.7 Å². The summed E-state index contributed by atoms with van der Waals surface area (Å²) in [5.74, 6) is 1.53. The van der Waals surface area contributed by atoms with E-state index in [-0.39, 0.29) is 17.4 Å². The average molecular weight is 290 g/mol. The number of benzene rings is 1. The lowest BCUT2D eigenvalue weighted by Gasteiger charge is -2.35. The standard InChI is InChI=1S/C17H26N2O2/c1-12(14-10-18-11-14)16(20)19-17(2,3)9-13-7-5-6-8-15(13)21-4/h5-8,12,14,18H,9-11H2,1-4H3,(H,19,20). The van der Waals surface area contributed by atoms with Crippen LogP contribution in [0.4, 0.5) is 0 Å². The molecule has 2 rings (SSSR count). The first kappa shape index (κ1) is 15.8. The van der Waals surface area contributed by atoms with Gasteiger partial charge in [0.25, 0.3) is 0 Å². The molecule has 0 bridgehead atoms. The van der Waals surface area contributed by atoms with Crippen LogP contribution in [0.2, 0.25) is 0 Å². The molecule has 0 saturated carbocycles. The smallest absolute Gasteiger partial charge is 0.223 e. The Morgan fingerprint density at radius 2 is 2.10 bits per heavy atom. The molecule has 1 atom stereocenters. The van der Waals surface area contributed by atoms with Crippen molar-refractivity contribution in [3.8, 4) is 5.75 Å². The minimum absolute atomic E-state index is 0.0585. The minimum atomic E-state index is -0.294. The fourth-order valence-electron chi connectivity index (χ4n) is 2.70. The van der Waals surface area contributed by atoms with Gasteiger partial charge in [-0.2, -0.15) is 0 Å². The van der Waals surface area contributed by atoms with E-state index in [0.717, 1.165) is 30.8 Å². The zero-order chi connectivity index (χ0) is 15.5. The van der Waals surface area contributed by atoms with Gasteiger partial charge in [0, 0.05) is 11.5 Å². The van der Waals surface area contributed by atoms with Crippen molar-refractivity contribution in [3.63, 3.8) is 0 Å². The number of nitrogens with one attached hydrogen (secondary N) is 2. The number of carbonyl (C=O) groups excluding carboxylic acids is 1. The molecule has 0 aromatic heterocycles. The molecule has 1 heterocycles. The third kappa shape index (κ3) is 3.97. The first-order valence-electron chi connectivity index (χ1n) is 7.57. The molecule has 1 unspecified atom stereocenters. The summed E-state index contributed by atoms with van der Waals surface area (Å²) >= 11 is 0. The Bertz CT molecular complexity index is 495. The number of rotatable bonds is 6. The van der Waals surface area contributed by atoms with Gasteiger partial charge in [0.1, 0.15) is 5.75 Å². The Morgan fingerprint density at radius 3 is 2.67 bits per heavy atom. The first-order valence-corrected chi connectivity index (χ1v) is 7.57. The van der Waals surface area contributed by atoms with Gasteiger partial charge < -0.3 is 15.4 Å². The maximum Gasteiger partial charge on any atom is 0.223 e. The largest absolute Gasteiger partial charge is 0.496 e. The molecule has 0 radical (unpaired) electrons. The highest BCUT2D eigenvalue weighted by atomic mass is 16.5. The van der Waals surface area contributed by atoms with Crippen LogP contribution < -0.4 is 15.4 Å². The molecular weight excluding hydrogens is 264 g/mol. The van der Waals surface area contributed by atoms with Gasteiger partial charge in [-0.05, 0) is 50.9 Å². The molecule has 1 aromatic rings. The van der Waals surface area contributed by atoms with E-state index in [2.05, 4.69) is 24.5 Å². The maximum absolute atomic E-state index is 12.4. The second-order valence-corrected chi connectivity index (χ2v) is 6.57. The lowest BCUT2D eigenvalue weighted by molar-refractivity contribution is -0.128. The SMILES string of the molecule is COc1ccccc1CC(C)(C)NC(=O)C(C)C1CNC1. The molecule has 21 heavy (non-hydrogen) atoms. The molecule has 2 N–H and O–H groups in total. The highest BCUT2D eigenvalue weighted by molar-refractivity contribution is 5.79. The zero-order valence-corrected chi connectivity index (χ0v) is 13.4. The quantitative estimate of drug-likeness (QED) is 0.842. The topological polar surface area (TPSA) is 50.4 Å². The number of amides is 1. The van der Waals surface area contributed by atoms with Crippen LogP contribution >= 0.6 is 0 Å². The maximum atomic E-state index is 12.4. The van der Waals surface area contributed by atoms with Crippen molar-refractivity contribution < 1.29 is 9.53 Å². The van der Waals surface area contributed by atoms with E-state index in [1.165, 1.54) is 0 Å². The summed E-state index contributed by atoms with van der Waals surface area (Å²) in [6, 6.07) is 7.96. The molecule has 4 heteroatoms. The summed E-state index contributed by atoms with van der Waals surface area (Å²) in [4.78, 5) is 12.4. The van der Waals surface area contributed by atoms with Gasteiger partial charge in [0.15, 0.2) is 0 Å². The summed E-state index contributed by atoms with van der Waals surface area (Å²) in [5, 5.41) is 6.40. The van der Waals surface area contributed by atoms with Crippen LogP contribution in [0.1, 0.15) is 26.3 Å². The molecule has 1 aliphatic heterocycles. The van der Waals surface area contributed by atoms with Crippen molar-refractivity contribution in [2.24, 2.45) is 11.8 Å². The summed E-state index contributed by atoms with van der Waals surface area (Å²) < 4.78 is 5.39. The number of hydrogen-bond donors (Lipinski definition) is 2. The fourth-order valence-corrected chi connectivity index (χ4v) is 2.70. The Hall–Kier alpha value is -1.55. The second kappa shape index (κ2) is 6.48. The van der Waals surface area contributed by atoms with Crippen molar-refractivity contribution in [1.29, 1.82) is 0 Å². The normalized spacial score (nSPS) is 17.0. The average Bonchev–Trinajstić information content (AvgIpc) is 2.36. The molecule has 1 amide bonds. The Kier molecular flexibility index (Phi) is 4.88. The molecule has 1 aromatic carbocycles. The van der Waals surface area contributed by atoms with E-state index < -0.39 is 0 Å². The predicted octanol–water partition coefficient (Wildman–Crippen LogP) is 1.99. The number of ether oxygens (including phenoxy) is 1. The van der Waals surface area contributed by atoms with Crippen LogP contribution in [-0.2, 0) is 11.2 Å². The minimum Gasteiger partial charge on any atom is -0.496 e. The van der Waals surface area contributed by atoms with Gasteiger partial charge in [-0.3, -0.25) is 4.79 Å². The van der Waals surface area contributed by atoms with E-state index in [1.54, 1.807) is 7.11 Å². The molecule has 1 saturated heterocycles. The highest BCUT2D eigenvalue weighted by Crippen LogP contribution is 2.24. The summed E-state index contributed by atoms with van der Waals surface area (Å²) in [6.07, 6.45) is 0.748. The second-order valence-electron chi connectivity index (χ2n) is 6.57. The van der Waals surface area contributed by atoms with Crippen molar-refractivity contribution in [3.05, 3.63) is 29.8 Å². The summed E-state index contributed by atoms with van der Waals surface area (Å²) in [5.41, 5.74) is 0.820. The van der Waals surface area contributed by atoms with Crippen LogP contribution in [0.5, 0.6) is 5.75 Å². The number of carbonyl (C=O) groups is 1. The van der Waals surface area contributed by atoms with E-state index in [1.807, 2.05) is 31.2 Å². The molecule has 0 spiro atoms. The van der Waals surface area contributed by atoms with Gasteiger partial charge in [-0.1, -0.05) is 25.1 Å². The third-order valence-electron chi connectivity index (χ3n) is 4.22. The lowest BCUT2D eigenvalue weighted by atomic mass is 9.86. The van der Waals surface area contributed by atoms with Gasteiger partial charge in [-0.15, -0.1) is 0 Å². The van der Waals surface area contributed by atoms with Gasteiger partial charge in [0.05, 0.1) is 7.11 Å². The van der Waals surface area contributed by atoms with Crippen molar-refractivity contribution >= 4 is 5.91 Å². The van der Waals surface area contributed by atoms with Crippen molar-refractivity contribution in [2.75, 3.05) is 20.2 Å². The van der Waals surface area contributed by atoms with Gasteiger partial charge in [-0.25, -0.2) is 0 Å². The number of para-hydroxylation sites is 1. The number of methoxy groups -OCH3 is 1. The lowest BCUT2D eigenvalue weighted by Crippen LogP contribution is -2.53. The van der Waals surface area contributed by atoms with Crippen LogP contribution in [0, 0.1) is 11.8 Å². The Labute approximate surface area is 127 Å². The molecular formula is C17H26N2O2. The van der Waals surface area contributed by atoms with Crippen LogP contribution in [-0.4, -0.2) is 31.6 Å². The summed E-state index contributed by atoms with van der Waals surface area (Å²) in [7, 11) is 1.68. The Balaban J connectivity index is 1.99. The monoisotopic (exact) mass is 290 g/mol. The number of hydrogen-bond acceptors (Lipinski definition) is 3. The molecule has 1 fully saturated rings. The third-order valence-corrected chi connectivity index (χ3v) is 4.22. The first-order chi connectivity index (χ1) is 9.93. The van der Waals surface area contributed by atoms with E-state index in [4.69, 9.17) is 4.74 Å². The van der Waals surface area contributed by atoms with Gasteiger partial charge in [0.2, 0.25) is 5.91 Å². The molecule has 1 aliphatic rings.